The predicted molar refractivity (Wildman–Crippen MR) is 262 cm³/mol. The van der Waals surface area contributed by atoms with E-state index in [2.05, 4.69) is 116 Å². The summed E-state index contributed by atoms with van der Waals surface area (Å²) in [4.78, 5) is 21.5. The van der Waals surface area contributed by atoms with Crippen molar-refractivity contribution >= 4 is 23.3 Å². The van der Waals surface area contributed by atoms with Crippen molar-refractivity contribution in [2.45, 2.75) is 187 Å². The number of halogens is 2. The summed E-state index contributed by atoms with van der Waals surface area (Å²) in [7, 11) is 0. The molecule has 1 aliphatic carbocycles. The summed E-state index contributed by atoms with van der Waals surface area (Å²) in [6.45, 7) is 35.9. The van der Waals surface area contributed by atoms with Gasteiger partial charge in [-0.25, -0.2) is 0 Å². The molecule has 2 fully saturated rings. The third-order valence-corrected chi connectivity index (χ3v) is 11.8. The fraction of sp³-hybridized carbons (Fsp3) is 0.648. The minimum atomic E-state index is -0.899. The Kier molecular flexibility index (Phi) is 25.8. The van der Waals surface area contributed by atoms with Crippen LogP contribution in [0.2, 0.25) is 0 Å². The minimum Gasteiger partial charge on any atom is -0.355 e. The maximum Gasteiger partial charge on any atom is 0.239 e. The number of Topliss-reactive ketones (excluding diaryl/α,β-unsaturated/α-hetero) is 1. The van der Waals surface area contributed by atoms with E-state index in [-0.39, 0.29) is 11.6 Å². The van der Waals surface area contributed by atoms with Crippen LogP contribution in [-0.2, 0) is 10.2 Å². The van der Waals surface area contributed by atoms with Crippen LogP contribution in [0, 0.1) is 47.9 Å². The summed E-state index contributed by atoms with van der Waals surface area (Å²) in [6, 6.07) is 8.89. The van der Waals surface area contributed by atoms with Crippen LogP contribution in [0.3, 0.4) is 0 Å². The number of ketones is 1. The standard InChI is InChI=1S/C34H44F2N4O.C8H16.C8H18.C4H10/c1-8-10-26(21-30(38-17-9-2)24(6)25(7)39-29-13-14-31(35)40-33(29)36)27-11-12-28(23(5)20-27)34(32(41)22(3)4)15-18-37-19-16-34;1-3-4-8-5-7(2)6-8;1-5-7-8(3,4)6-2;1-4(2)3/h10-14,17,20-22,37,39H,8-9,15-16,18-19H2,1-7H3;7-8H,3-6H2,1-2H3;5-7H2,1-4H3;4H,1-3H3/b25-24+,26-10-,30-21+,38-17?;;;. The zero-order chi connectivity index (χ0) is 46.3. The molecule has 61 heavy (non-hydrogen) atoms. The van der Waals surface area contributed by atoms with Gasteiger partial charge < -0.3 is 10.6 Å². The molecule has 344 valence electrons. The Balaban J connectivity index is 0.000000758. The monoisotopic (exact) mass is 847 g/mol. The third kappa shape index (κ3) is 19.2. The van der Waals surface area contributed by atoms with Crippen molar-refractivity contribution < 1.29 is 13.6 Å². The van der Waals surface area contributed by atoms with Crippen LogP contribution in [0.5, 0.6) is 0 Å². The molecule has 0 bridgehead atoms. The molecule has 2 aliphatic rings. The van der Waals surface area contributed by atoms with Crippen molar-refractivity contribution in [2.75, 3.05) is 18.4 Å². The molecule has 1 aliphatic heterocycles. The molecule has 2 heterocycles. The van der Waals surface area contributed by atoms with Gasteiger partial charge in [0.2, 0.25) is 11.9 Å². The first-order chi connectivity index (χ1) is 28.7. The van der Waals surface area contributed by atoms with Gasteiger partial charge in [0.15, 0.2) is 0 Å². The van der Waals surface area contributed by atoms with Crippen LogP contribution in [-0.4, -0.2) is 30.1 Å². The average molecular weight is 847 g/mol. The van der Waals surface area contributed by atoms with E-state index in [0.717, 1.165) is 96.1 Å². The number of nitrogens with one attached hydrogen (secondary N) is 2. The van der Waals surface area contributed by atoms with Gasteiger partial charge in [0.05, 0.1) is 16.8 Å². The van der Waals surface area contributed by atoms with Gasteiger partial charge in [-0.15, -0.1) is 0 Å². The van der Waals surface area contributed by atoms with Gasteiger partial charge in [0.25, 0.3) is 0 Å². The van der Waals surface area contributed by atoms with Crippen LogP contribution in [0.1, 0.15) is 191 Å². The number of piperidine rings is 1. The van der Waals surface area contributed by atoms with E-state index >= 15 is 0 Å². The SMILES string of the molecule is CC(C)C.CCC=NC(=C/C(=C/CC)c1ccc(C2(C(=O)C(C)C)CCNCC2)c(C)c1)/C(C)=C(\C)Nc1ccc(F)nc1F.CCCC(C)(C)CC.CCCC1CC(C)C1. The van der Waals surface area contributed by atoms with Gasteiger partial charge in [-0.3, -0.25) is 9.79 Å². The van der Waals surface area contributed by atoms with Crippen molar-refractivity contribution in [3.8, 4) is 0 Å². The summed E-state index contributed by atoms with van der Waals surface area (Å²) >= 11 is 0. The molecule has 0 radical (unpaired) electrons. The number of hydrogen-bond acceptors (Lipinski definition) is 5. The van der Waals surface area contributed by atoms with Crippen molar-refractivity contribution in [1.82, 2.24) is 10.3 Å². The van der Waals surface area contributed by atoms with Crippen LogP contribution in [0.4, 0.5) is 14.5 Å². The summed E-state index contributed by atoms with van der Waals surface area (Å²) in [6.07, 6.45) is 19.1. The van der Waals surface area contributed by atoms with Gasteiger partial charge >= 0.3 is 0 Å². The van der Waals surface area contributed by atoms with E-state index in [9.17, 15) is 13.6 Å². The molecule has 0 atom stereocenters. The third-order valence-electron chi connectivity index (χ3n) is 11.8. The Morgan fingerprint density at radius 2 is 1.59 bits per heavy atom. The highest BCUT2D eigenvalue weighted by Crippen LogP contribution is 2.40. The lowest BCUT2D eigenvalue weighted by Gasteiger charge is -2.39. The molecular weight excluding hydrogens is 759 g/mol. The van der Waals surface area contributed by atoms with Gasteiger partial charge in [-0.2, -0.15) is 13.8 Å². The number of aliphatic imine (C=N–C) groups is 1. The number of allylic oxidation sites excluding steroid dienone is 5. The van der Waals surface area contributed by atoms with E-state index in [0.29, 0.717) is 16.9 Å². The van der Waals surface area contributed by atoms with E-state index < -0.39 is 17.3 Å². The number of anilines is 1. The lowest BCUT2D eigenvalue weighted by molar-refractivity contribution is -0.128. The van der Waals surface area contributed by atoms with E-state index in [1.165, 1.54) is 51.0 Å². The molecule has 5 nitrogen and oxygen atoms in total. The lowest BCUT2D eigenvalue weighted by atomic mass is 9.66. The van der Waals surface area contributed by atoms with Gasteiger partial charge in [0.1, 0.15) is 5.78 Å². The highest BCUT2D eigenvalue weighted by atomic mass is 19.1. The van der Waals surface area contributed by atoms with Gasteiger partial charge in [-0.1, -0.05) is 140 Å². The quantitative estimate of drug-likeness (QED) is 0.100. The Morgan fingerprint density at radius 1 is 0.967 bits per heavy atom. The van der Waals surface area contributed by atoms with Crippen molar-refractivity contribution in [3.05, 3.63) is 88.0 Å². The largest absolute Gasteiger partial charge is 0.355 e. The molecular formula is C54H88F2N4O. The Labute approximate surface area is 373 Å². The minimum absolute atomic E-state index is 0.0320. The molecule has 0 amide bonds. The molecule has 1 saturated carbocycles. The van der Waals surface area contributed by atoms with Gasteiger partial charge in [0, 0.05) is 17.8 Å². The molecule has 7 heteroatoms. The fourth-order valence-electron chi connectivity index (χ4n) is 8.05. The zero-order valence-electron chi connectivity index (χ0n) is 41.7. The first kappa shape index (κ1) is 55.6. The first-order valence-corrected chi connectivity index (χ1v) is 23.8. The maximum atomic E-state index is 14.2. The Morgan fingerprint density at radius 3 is 2.05 bits per heavy atom. The normalized spacial score (nSPS) is 18.2. The molecule has 1 saturated heterocycles. The van der Waals surface area contributed by atoms with Crippen LogP contribution in [0.25, 0.3) is 5.57 Å². The van der Waals surface area contributed by atoms with Gasteiger partial charge in [-0.05, 0) is 148 Å². The van der Waals surface area contributed by atoms with Crippen LogP contribution < -0.4 is 10.6 Å². The summed E-state index contributed by atoms with van der Waals surface area (Å²) in [5.74, 6) is 1.50. The fourth-order valence-corrected chi connectivity index (χ4v) is 8.05. The number of aromatic nitrogens is 1. The molecule has 1 aromatic heterocycles. The number of aryl methyl sites for hydroxylation is 1. The van der Waals surface area contributed by atoms with Crippen molar-refractivity contribution in [3.63, 3.8) is 0 Å². The highest BCUT2D eigenvalue weighted by Gasteiger charge is 2.42. The molecule has 1 aromatic carbocycles. The van der Waals surface area contributed by atoms with E-state index in [4.69, 9.17) is 4.99 Å². The first-order valence-electron chi connectivity index (χ1n) is 23.8. The number of carbonyl (C=O) groups is 1. The predicted octanol–water partition coefficient (Wildman–Crippen LogP) is 15.8. The summed E-state index contributed by atoms with van der Waals surface area (Å²) in [5, 5.41) is 6.43. The second kappa shape index (κ2) is 28.3. The van der Waals surface area contributed by atoms with Crippen LogP contribution >= 0.6 is 0 Å². The average Bonchev–Trinajstić information content (AvgIpc) is 3.19. The second-order valence-electron chi connectivity index (χ2n) is 19.3. The summed E-state index contributed by atoms with van der Waals surface area (Å²) < 4.78 is 27.5. The molecule has 0 spiro atoms. The van der Waals surface area contributed by atoms with E-state index in [1.807, 2.05) is 46.9 Å². The molecule has 4 rings (SSSR count). The molecule has 2 aromatic rings. The number of benzene rings is 1. The number of rotatable bonds is 16. The second-order valence-corrected chi connectivity index (χ2v) is 19.3. The zero-order valence-corrected chi connectivity index (χ0v) is 41.7. The molecule has 0 unspecified atom stereocenters. The number of hydrogen-bond donors (Lipinski definition) is 2. The maximum absolute atomic E-state index is 14.2. The number of carbonyl (C=O) groups excluding carboxylic acids is 1. The smallest absolute Gasteiger partial charge is 0.239 e. The molecule has 2 N–H and O–H groups in total. The van der Waals surface area contributed by atoms with Crippen molar-refractivity contribution in [2.24, 2.45) is 34.1 Å². The Bertz CT molecular complexity index is 1720. The number of pyridine rings is 1. The van der Waals surface area contributed by atoms with Crippen LogP contribution in [0.15, 0.2) is 64.4 Å². The topological polar surface area (TPSA) is 66.4 Å². The highest BCUT2D eigenvalue weighted by molar-refractivity contribution is 5.92. The van der Waals surface area contributed by atoms with Crippen molar-refractivity contribution in [1.29, 1.82) is 0 Å². The lowest BCUT2D eigenvalue weighted by Crippen LogP contribution is -2.47. The summed E-state index contributed by atoms with van der Waals surface area (Å²) in [5.41, 5.74) is 6.76. The Hall–Kier alpha value is -3.45. The van der Waals surface area contributed by atoms with E-state index in [1.54, 1.807) is 0 Å². The number of nitrogens with zero attached hydrogens (tertiary/aromatic N) is 2.